The van der Waals surface area contributed by atoms with Crippen molar-refractivity contribution < 1.29 is 18.0 Å². The van der Waals surface area contributed by atoms with E-state index in [1.165, 1.54) is 16.9 Å². The predicted molar refractivity (Wildman–Crippen MR) is 136 cm³/mol. The van der Waals surface area contributed by atoms with E-state index in [9.17, 15) is 13.6 Å². The van der Waals surface area contributed by atoms with Crippen molar-refractivity contribution in [2.24, 2.45) is 0 Å². The van der Waals surface area contributed by atoms with Gasteiger partial charge in [0.25, 0.3) is 18.1 Å². The number of halogens is 2. The summed E-state index contributed by atoms with van der Waals surface area (Å²) in [6, 6.07) is 8.58. The fourth-order valence-corrected chi connectivity index (χ4v) is 5.12. The first-order valence-corrected chi connectivity index (χ1v) is 10.3. The second-order valence-corrected chi connectivity index (χ2v) is 8.06. The Labute approximate surface area is 214 Å². The SMILES string of the molecule is O=C(c1nc2ccccc2o1)N1[C@H]2CC[C@H](c3cc(C(F)F)nc4ncnn34)[C@@H]1CC2.S.S.S. The molecule has 0 unspecified atom stereocenters. The predicted octanol–water partition coefficient (Wildman–Crippen LogP) is 4.09. The second-order valence-electron chi connectivity index (χ2n) is 8.06. The highest BCUT2D eigenvalue weighted by Crippen LogP contribution is 2.45. The van der Waals surface area contributed by atoms with Crippen LogP contribution in [0.25, 0.3) is 16.9 Å². The number of hydrogen-bond donors (Lipinski definition) is 0. The highest BCUT2D eigenvalue weighted by Gasteiger charge is 2.47. The van der Waals surface area contributed by atoms with Crippen molar-refractivity contribution in [3.63, 3.8) is 0 Å². The number of hydrogen-bond acceptors (Lipinski definition) is 6. The normalized spacial score (nSPS) is 21.3. The summed E-state index contributed by atoms with van der Waals surface area (Å²) in [6.45, 7) is 0. The lowest BCUT2D eigenvalue weighted by atomic mass is 9.87. The third kappa shape index (κ3) is 4.13. The number of aromatic nitrogens is 5. The molecule has 34 heavy (non-hydrogen) atoms. The van der Waals surface area contributed by atoms with E-state index < -0.39 is 6.43 Å². The minimum atomic E-state index is -2.71. The summed E-state index contributed by atoms with van der Waals surface area (Å²) < 4.78 is 34.1. The van der Waals surface area contributed by atoms with Crippen LogP contribution in [0.2, 0.25) is 0 Å². The van der Waals surface area contributed by atoms with Gasteiger partial charge in [0.05, 0.1) is 5.69 Å². The molecule has 2 aliphatic rings. The van der Waals surface area contributed by atoms with Gasteiger partial charge in [0.1, 0.15) is 17.5 Å². The van der Waals surface area contributed by atoms with E-state index in [4.69, 9.17) is 4.42 Å². The average molecular weight is 527 g/mol. The number of oxazole rings is 1. The number of amides is 1. The smallest absolute Gasteiger partial charge is 0.310 e. The first-order chi connectivity index (χ1) is 15.1. The van der Waals surface area contributed by atoms with Crippen LogP contribution < -0.4 is 0 Å². The Morgan fingerprint density at radius 3 is 2.59 bits per heavy atom. The summed E-state index contributed by atoms with van der Waals surface area (Å²) in [5, 5.41) is 4.20. The van der Waals surface area contributed by atoms with Gasteiger partial charge < -0.3 is 9.32 Å². The molecule has 2 bridgehead atoms. The van der Waals surface area contributed by atoms with Crippen LogP contribution in [-0.2, 0) is 0 Å². The zero-order chi connectivity index (χ0) is 21.1. The summed E-state index contributed by atoms with van der Waals surface area (Å²) in [4.78, 5) is 27.5. The lowest BCUT2D eigenvalue weighted by molar-refractivity contribution is 0.0516. The van der Waals surface area contributed by atoms with Gasteiger partial charge in [0.2, 0.25) is 0 Å². The summed E-state index contributed by atoms with van der Waals surface area (Å²) >= 11 is 0. The monoisotopic (exact) mass is 526 g/mol. The molecule has 0 radical (unpaired) electrons. The molecule has 2 aliphatic heterocycles. The van der Waals surface area contributed by atoms with Crippen LogP contribution in [0.15, 0.2) is 41.1 Å². The van der Waals surface area contributed by atoms with Crippen molar-refractivity contribution in [1.82, 2.24) is 29.5 Å². The number of carbonyl (C=O) groups is 1. The van der Waals surface area contributed by atoms with Crippen molar-refractivity contribution >= 4 is 63.3 Å². The Morgan fingerprint density at radius 1 is 1.06 bits per heavy atom. The molecule has 0 saturated carbocycles. The molecule has 2 saturated heterocycles. The van der Waals surface area contributed by atoms with Crippen molar-refractivity contribution in [2.45, 2.75) is 50.1 Å². The van der Waals surface area contributed by atoms with Gasteiger partial charge in [0.15, 0.2) is 5.58 Å². The number of para-hydroxylation sites is 2. The Balaban J connectivity index is 0.00000108. The van der Waals surface area contributed by atoms with E-state index in [2.05, 4.69) is 20.1 Å². The zero-order valence-electron chi connectivity index (χ0n) is 17.9. The summed E-state index contributed by atoms with van der Waals surface area (Å²) in [5.74, 6) is -0.208. The molecule has 0 aliphatic carbocycles. The molecule has 3 atom stereocenters. The van der Waals surface area contributed by atoms with Gasteiger partial charge in [-0.3, -0.25) is 4.79 Å². The number of fused-ring (bicyclic) bond motifs is 4. The lowest BCUT2D eigenvalue weighted by Crippen LogP contribution is -2.47. The van der Waals surface area contributed by atoms with E-state index in [1.807, 2.05) is 17.0 Å². The number of benzene rings is 1. The Kier molecular flexibility index (Phi) is 7.78. The van der Waals surface area contributed by atoms with Crippen LogP contribution in [0, 0.1) is 0 Å². The fraction of sp³-hybridized carbons (Fsp3) is 0.381. The Hall–Kier alpha value is -2.38. The zero-order valence-corrected chi connectivity index (χ0v) is 20.9. The molecule has 1 amide bonds. The van der Waals surface area contributed by atoms with Gasteiger partial charge in [-0.1, -0.05) is 12.1 Å². The quantitative estimate of drug-likeness (QED) is 0.400. The van der Waals surface area contributed by atoms with Gasteiger partial charge in [-0.25, -0.2) is 23.3 Å². The van der Waals surface area contributed by atoms with Gasteiger partial charge in [-0.2, -0.15) is 50.6 Å². The van der Waals surface area contributed by atoms with E-state index in [-0.39, 0.29) is 81.8 Å². The number of rotatable bonds is 3. The second kappa shape index (κ2) is 10.1. The molecule has 182 valence electrons. The minimum Gasteiger partial charge on any atom is -0.432 e. The largest absolute Gasteiger partial charge is 0.432 e. The van der Waals surface area contributed by atoms with Crippen molar-refractivity contribution in [1.29, 1.82) is 0 Å². The van der Waals surface area contributed by atoms with Crippen LogP contribution in [-0.4, -0.2) is 47.5 Å². The Bertz CT molecular complexity index is 1280. The third-order valence-corrected chi connectivity index (χ3v) is 6.44. The highest BCUT2D eigenvalue weighted by molar-refractivity contribution is 7.59. The summed E-state index contributed by atoms with van der Waals surface area (Å²) in [6.07, 6.45) is 1.79. The summed E-state index contributed by atoms with van der Waals surface area (Å²) in [5.41, 5.74) is 1.48. The maximum absolute atomic E-state index is 13.5. The van der Waals surface area contributed by atoms with E-state index in [0.717, 1.165) is 25.7 Å². The molecular formula is C21H24F2N6O2S3. The van der Waals surface area contributed by atoms with Crippen molar-refractivity contribution in [3.8, 4) is 0 Å². The van der Waals surface area contributed by atoms with E-state index in [0.29, 0.717) is 16.8 Å². The van der Waals surface area contributed by atoms with Crippen LogP contribution in [0.4, 0.5) is 8.78 Å². The molecular weight excluding hydrogens is 502 g/mol. The average Bonchev–Trinajstić information content (AvgIpc) is 3.48. The van der Waals surface area contributed by atoms with Crippen molar-refractivity contribution in [3.05, 3.63) is 53.9 Å². The fourth-order valence-electron chi connectivity index (χ4n) is 5.12. The molecule has 4 aromatic rings. The summed E-state index contributed by atoms with van der Waals surface area (Å²) in [7, 11) is 0. The molecule has 0 spiro atoms. The van der Waals surface area contributed by atoms with Crippen LogP contribution >= 0.6 is 40.5 Å². The highest BCUT2D eigenvalue weighted by atomic mass is 32.1. The van der Waals surface area contributed by atoms with E-state index in [1.54, 1.807) is 12.1 Å². The molecule has 8 nitrogen and oxygen atoms in total. The standard InChI is InChI=1S/C21H18F2N6O2.3H2S/c22-18(23)14-9-16(29-21(27-14)24-10-25-29)12-7-5-11-6-8-15(12)28(11)20(30)19-26-13-3-1-2-4-17(13)31-19;;;/h1-4,9-12,15,18H,5-8H2;3*1H2/t11-,12-,15-;;;/m0.../s1. The first kappa shape index (κ1) is 26.2. The lowest BCUT2D eigenvalue weighted by Gasteiger charge is -2.39. The number of piperidine rings is 1. The maximum atomic E-state index is 13.5. The molecule has 13 heteroatoms. The van der Waals surface area contributed by atoms with Crippen molar-refractivity contribution in [2.75, 3.05) is 0 Å². The minimum absolute atomic E-state index is 0. The van der Waals surface area contributed by atoms with Crippen LogP contribution in [0.3, 0.4) is 0 Å². The van der Waals surface area contributed by atoms with Gasteiger partial charge >= 0.3 is 5.91 Å². The molecule has 0 N–H and O–H groups in total. The number of nitrogens with zero attached hydrogens (tertiary/aromatic N) is 6. The number of alkyl halides is 2. The number of carbonyl (C=O) groups excluding carboxylic acids is 1. The van der Waals surface area contributed by atoms with Gasteiger partial charge in [-0.15, -0.1) is 0 Å². The van der Waals surface area contributed by atoms with E-state index >= 15 is 0 Å². The van der Waals surface area contributed by atoms with Gasteiger partial charge in [-0.05, 0) is 43.9 Å². The molecule has 5 heterocycles. The topological polar surface area (TPSA) is 89.4 Å². The molecule has 1 aromatic carbocycles. The van der Waals surface area contributed by atoms with Crippen LogP contribution in [0.1, 0.15) is 60.1 Å². The van der Waals surface area contributed by atoms with Gasteiger partial charge in [0, 0.05) is 18.0 Å². The molecule has 6 rings (SSSR count). The molecule has 3 aromatic heterocycles. The maximum Gasteiger partial charge on any atom is 0.310 e. The first-order valence-electron chi connectivity index (χ1n) is 10.3. The molecule has 2 fully saturated rings. The van der Waals surface area contributed by atoms with Crippen LogP contribution in [0.5, 0.6) is 0 Å². The third-order valence-electron chi connectivity index (χ3n) is 6.44. The Morgan fingerprint density at radius 2 is 1.82 bits per heavy atom.